The summed E-state index contributed by atoms with van der Waals surface area (Å²) >= 11 is 0. The Bertz CT molecular complexity index is 1590. The van der Waals surface area contributed by atoms with Crippen molar-refractivity contribution in [2.45, 2.75) is 39.0 Å². The first kappa shape index (κ1) is 24.4. The molecule has 2 heterocycles. The maximum absolute atomic E-state index is 14.6. The van der Waals surface area contributed by atoms with Crippen LogP contribution in [0.3, 0.4) is 0 Å². The Labute approximate surface area is 202 Å². The third-order valence-electron chi connectivity index (χ3n) is 5.98. The molecule has 0 fully saturated rings. The highest BCUT2D eigenvalue weighted by molar-refractivity contribution is 7.90. The zero-order valence-corrected chi connectivity index (χ0v) is 20.4. The Kier molecular flexibility index (Phi) is 6.62. The number of halogens is 1. The number of nitrogens with zero attached hydrogens (tertiary/aromatic N) is 1. The predicted molar refractivity (Wildman–Crippen MR) is 134 cm³/mol. The molecule has 182 valence electrons. The topological polar surface area (TPSA) is 101 Å². The van der Waals surface area contributed by atoms with Gasteiger partial charge in [-0.3, -0.25) is 9.59 Å². The van der Waals surface area contributed by atoms with Crippen molar-refractivity contribution in [2.24, 2.45) is 0 Å². The van der Waals surface area contributed by atoms with Gasteiger partial charge in [0, 0.05) is 33.8 Å². The van der Waals surface area contributed by atoms with Crippen LogP contribution in [-0.4, -0.2) is 29.1 Å². The molecule has 0 saturated carbocycles. The van der Waals surface area contributed by atoms with Crippen LogP contribution in [0.15, 0.2) is 65.6 Å². The molecule has 2 aromatic carbocycles. The van der Waals surface area contributed by atoms with Crippen molar-refractivity contribution in [3.8, 4) is 11.1 Å². The molecule has 7 nitrogen and oxygen atoms in total. The first-order chi connectivity index (χ1) is 16.6. The zero-order valence-electron chi connectivity index (χ0n) is 19.6. The molecule has 4 rings (SSSR count). The predicted octanol–water partition coefficient (Wildman–Crippen LogP) is 4.21. The van der Waals surface area contributed by atoms with Gasteiger partial charge in [-0.2, -0.15) is 0 Å². The summed E-state index contributed by atoms with van der Waals surface area (Å²) in [4.78, 5) is 29.0. The third-order valence-corrected chi connectivity index (χ3v) is 7.69. The minimum Gasteiger partial charge on any atom is -0.331 e. The van der Waals surface area contributed by atoms with Crippen LogP contribution in [0.2, 0.25) is 0 Å². The molecule has 0 saturated heterocycles. The Balaban J connectivity index is 2.09. The van der Waals surface area contributed by atoms with Crippen LogP contribution in [0.4, 0.5) is 4.39 Å². The molecule has 0 radical (unpaired) electrons. The van der Waals surface area contributed by atoms with Gasteiger partial charge in [-0.15, -0.1) is 0 Å². The number of hydrogen-bond acceptors (Lipinski definition) is 4. The highest BCUT2D eigenvalue weighted by Gasteiger charge is 2.29. The number of carbonyl (C=O) groups excluding carboxylic acids is 1. The summed E-state index contributed by atoms with van der Waals surface area (Å²) in [6, 6.07) is 15.0. The van der Waals surface area contributed by atoms with Crippen molar-refractivity contribution in [3.63, 3.8) is 0 Å². The number of aryl methyl sites for hydroxylation is 1. The Morgan fingerprint density at radius 3 is 2.51 bits per heavy atom. The summed E-state index contributed by atoms with van der Waals surface area (Å²) in [5, 5.41) is -0.254. The lowest BCUT2D eigenvalue weighted by Gasteiger charge is -2.15. The van der Waals surface area contributed by atoms with E-state index in [1.54, 1.807) is 34.9 Å². The molecule has 4 aromatic rings. The molecule has 2 N–H and O–H groups in total. The molecule has 0 spiro atoms. The number of pyridine rings is 1. The standard InChI is InChI=1S/C26H26FN3O4S/c1-4-17-11-12-22-20(14-17)23(19-9-7-13-28-25(19)31)24(26(32)29-35(33,34)16(2)3)30(22)15-18-8-5-6-10-21(18)27/h5-14,16H,4,15H2,1-3H3,(H,28,31)(H,29,32). The second kappa shape index (κ2) is 9.50. The second-order valence-electron chi connectivity index (χ2n) is 8.54. The summed E-state index contributed by atoms with van der Waals surface area (Å²) in [5.74, 6) is -1.35. The minimum absolute atomic E-state index is 0.0302. The summed E-state index contributed by atoms with van der Waals surface area (Å²) in [6.07, 6.45) is 2.19. The van der Waals surface area contributed by atoms with Crippen molar-refractivity contribution in [1.82, 2.24) is 14.3 Å². The highest BCUT2D eigenvalue weighted by atomic mass is 32.2. The summed E-state index contributed by atoms with van der Waals surface area (Å²) in [6.45, 7) is 4.86. The van der Waals surface area contributed by atoms with E-state index in [2.05, 4.69) is 9.71 Å². The summed E-state index contributed by atoms with van der Waals surface area (Å²) in [7, 11) is -3.98. The number of fused-ring (bicyclic) bond motifs is 1. The number of nitrogens with one attached hydrogen (secondary N) is 2. The van der Waals surface area contributed by atoms with Gasteiger partial charge in [0.2, 0.25) is 10.0 Å². The molecule has 2 aromatic heterocycles. The molecule has 0 atom stereocenters. The van der Waals surface area contributed by atoms with E-state index in [9.17, 15) is 22.4 Å². The molecular weight excluding hydrogens is 469 g/mol. The van der Waals surface area contributed by atoms with Crippen molar-refractivity contribution in [3.05, 3.63) is 93.8 Å². The van der Waals surface area contributed by atoms with Gasteiger partial charge in [-0.05, 0) is 56.2 Å². The van der Waals surface area contributed by atoms with Gasteiger partial charge < -0.3 is 9.55 Å². The monoisotopic (exact) mass is 495 g/mol. The number of amides is 1. The first-order valence-electron chi connectivity index (χ1n) is 11.3. The summed E-state index contributed by atoms with van der Waals surface area (Å²) in [5.41, 5.74) is 1.91. The maximum atomic E-state index is 14.6. The van der Waals surface area contributed by atoms with Gasteiger partial charge in [-0.25, -0.2) is 17.5 Å². The zero-order chi connectivity index (χ0) is 25.3. The van der Waals surface area contributed by atoms with Crippen molar-refractivity contribution >= 4 is 26.8 Å². The van der Waals surface area contributed by atoms with Crippen LogP contribution in [-0.2, 0) is 23.0 Å². The lowest BCUT2D eigenvalue weighted by atomic mass is 10.0. The smallest absolute Gasteiger partial charge is 0.282 e. The lowest BCUT2D eigenvalue weighted by Crippen LogP contribution is -2.37. The molecule has 1 amide bonds. The van der Waals surface area contributed by atoms with E-state index in [4.69, 9.17) is 0 Å². The van der Waals surface area contributed by atoms with E-state index in [0.29, 0.717) is 28.5 Å². The number of aromatic amines is 1. The molecule has 0 bridgehead atoms. The average molecular weight is 496 g/mol. The molecular formula is C26H26FN3O4S. The molecule has 0 aliphatic heterocycles. The van der Waals surface area contributed by atoms with Crippen LogP contribution in [0, 0.1) is 5.82 Å². The fraction of sp³-hybridized carbons (Fsp3) is 0.231. The Hall–Kier alpha value is -3.72. The fourth-order valence-corrected chi connectivity index (χ4v) is 4.60. The fourth-order valence-electron chi connectivity index (χ4n) is 4.01. The summed E-state index contributed by atoms with van der Waals surface area (Å²) < 4.78 is 43.5. The van der Waals surface area contributed by atoms with Crippen molar-refractivity contribution in [1.29, 1.82) is 0 Å². The van der Waals surface area contributed by atoms with Gasteiger partial charge in [-0.1, -0.05) is 31.2 Å². The van der Waals surface area contributed by atoms with Gasteiger partial charge in [0.15, 0.2) is 0 Å². The van der Waals surface area contributed by atoms with Gasteiger partial charge >= 0.3 is 0 Å². The quantitative estimate of drug-likeness (QED) is 0.401. The lowest BCUT2D eigenvalue weighted by molar-refractivity contribution is 0.0973. The molecule has 9 heteroatoms. The maximum Gasteiger partial charge on any atom is 0.282 e. The van der Waals surface area contributed by atoms with E-state index in [1.165, 1.54) is 26.1 Å². The first-order valence-corrected chi connectivity index (χ1v) is 12.8. The number of H-pyrrole nitrogens is 1. The van der Waals surface area contributed by atoms with Crippen LogP contribution in [0.25, 0.3) is 22.0 Å². The molecule has 35 heavy (non-hydrogen) atoms. The number of carbonyl (C=O) groups is 1. The van der Waals surface area contributed by atoms with E-state index < -0.39 is 32.6 Å². The van der Waals surface area contributed by atoms with Crippen LogP contribution in [0.5, 0.6) is 0 Å². The van der Waals surface area contributed by atoms with Crippen molar-refractivity contribution < 1.29 is 17.6 Å². The Morgan fingerprint density at radius 2 is 1.86 bits per heavy atom. The number of benzene rings is 2. The third kappa shape index (κ3) is 4.64. The molecule has 0 aliphatic rings. The van der Waals surface area contributed by atoms with Gasteiger partial charge in [0.1, 0.15) is 11.5 Å². The Morgan fingerprint density at radius 1 is 1.11 bits per heavy atom. The highest BCUT2D eigenvalue weighted by Crippen LogP contribution is 2.35. The molecule has 0 unspecified atom stereocenters. The normalized spacial score (nSPS) is 11.8. The second-order valence-corrected chi connectivity index (χ2v) is 10.8. The van der Waals surface area contributed by atoms with E-state index >= 15 is 0 Å². The largest absolute Gasteiger partial charge is 0.331 e. The van der Waals surface area contributed by atoms with Crippen LogP contribution < -0.4 is 10.3 Å². The SMILES string of the molecule is CCc1ccc2c(c1)c(-c1ccc[nH]c1=O)c(C(=O)NS(=O)(=O)C(C)C)n2Cc1ccccc1F. The van der Waals surface area contributed by atoms with Crippen LogP contribution >= 0.6 is 0 Å². The average Bonchev–Trinajstić information content (AvgIpc) is 3.13. The van der Waals surface area contributed by atoms with E-state index in [0.717, 1.165) is 5.56 Å². The number of sulfonamides is 1. The molecule has 0 aliphatic carbocycles. The van der Waals surface area contributed by atoms with Crippen LogP contribution in [0.1, 0.15) is 42.4 Å². The number of aromatic nitrogens is 2. The van der Waals surface area contributed by atoms with E-state index in [1.807, 2.05) is 25.1 Å². The van der Waals surface area contributed by atoms with Gasteiger partial charge in [0.25, 0.3) is 11.5 Å². The van der Waals surface area contributed by atoms with Gasteiger partial charge in [0.05, 0.1) is 11.8 Å². The van der Waals surface area contributed by atoms with E-state index in [-0.39, 0.29) is 17.8 Å². The minimum atomic E-state index is -3.98. The van der Waals surface area contributed by atoms with Crippen molar-refractivity contribution in [2.75, 3.05) is 0 Å². The number of hydrogen-bond donors (Lipinski definition) is 2. The number of rotatable bonds is 7.